The first-order chi connectivity index (χ1) is 13.7. The summed E-state index contributed by atoms with van der Waals surface area (Å²) in [4.78, 5) is 18.0. The van der Waals surface area contributed by atoms with Crippen LogP contribution in [0.25, 0.3) is 0 Å². The van der Waals surface area contributed by atoms with Crippen LogP contribution in [0, 0.1) is 0 Å². The van der Waals surface area contributed by atoms with Crippen molar-refractivity contribution >= 4 is 17.2 Å². The Morgan fingerprint density at radius 1 is 1.28 bits per heavy atom. The van der Waals surface area contributed by atoms with Gasteiger partial charge in [-0.2, -0.15) is 13.2 Å². The number of nitrogens with one attached hydrogen (secondary N) is 1. The number of thiazole rings is 1. The molecule has 0 radical (unpaired) electrons. The zero-order valence-corrected chi connectivity index (χ0v) is 17.1. The standard InChI is InChI=1S/C19H22F3N3O3S/c1-11(18-24-16(10-29-18)19(20,21)22)23-17(26)9-25-5-4-12-6-14(27-2)15(28-3)7-13(12)8-25/h6-7,10-11H,4-5,8-9H2,1-3H3,(H,23,26)/t11-/m1/s1. The Balaban J connectivity index is 1.60. The fourth-order valence-electron chi connectivity index (χ4n) is 3.25. The Morgan fingerprint density at radius 2 is 1.93 bits per heavy atom. The smallest absolute Gasteiger partial charge is 0.434 e. The van der Waals surface area contributed by atoms with E-state index in [1.165, 1.54) is 0 Å². The molecule has 158 valence electrons. The topological polar surface area (TPSA) is 63.7 Å². The number of nitrogens with zero attached hydrogens (tertiary/aromatic N) is 2. The first-order valence-electron chi connectivity index (χ1n) is 8.99. The van der Waals surface area contributed by atoms with Crippen LogP contribution in [-0.4, -0.2) is 43.1 Å². The maximum Gasteiger partial charge on any atom is 0.434 e. The Bertz CT molecular complexity index is 885. The molecule has 1 aliphatic rings. The summed E-state index contributed by atoms with van der Waals surface area (Å²) in [5.41, 5.74) is 1.27. The van der Waals surface area contributed by atoms with Crippen molar-refractivity contribution in [3.63, 3.8) is 0 Å². The summed E-state index contributed by atoms with van der Waals surface area (Å²) in [5.74, 6) is 1.05. The molecule has 0 saturated heterocycles. The Morgan fingerprint density at radius 3 is 2.52 bits per heavy atom. The molecule has 1 N–H and O–H groups in total. The molecule has 10 heteroatoms. The van der Waals surface area contributed by atoms with E-state index in [0.29, 0.717) is 24.6 Å². The van der Waals surface area contributed by atoms with Gasteiger partial charge in [-0.15, -0.1) is 11.3 Å². The SMILES string of the molecule is COc1cc2c(cc1OC)CN(CC(=O)N[C@H](C)c1nc(C(F)(F)F)cs1)CC2. The molecule has 1 amide bonds. The van der Waals surface area contributed by atoms with Gasteiger partial charge in [-0.1, -0.05) is 0 Å². The van der Waals surface area contributed by atoms with Crippen molar-refractivity contribution in [1.82, 2.24) is 15.2 Å². The molecular formula is C19H22F3N3O3S. The Labute approximate surface area is 170 Å². The van der Waals surface area contributed by atoms with E-state index in [-0.39, 0.29) is 17.5 Å². The highest BCUT2D eigenvalue weighted by atomic mass is 32.1. The fraction of sp³-hybridized carbons (Fsp3) is 0.474. The van der Waals surface area contributed by atoms with Crippen LogP contribution in [0.3, 0.4) is 0 Å². The minimum absolute atomic E-state index is 0.148. The number of hydrogen-bond donors (Lipinski definition) is 1. The van der Waals surface area contributed by atoms with E-state index in [1.807, 2.05) is 17.0 Å². The van der Waals surface area contributed by atoms with E-state index in [2.05, 4.69) is 10.3 Å². The van der Waals surface area contributed by atoms with E-state index < -0.39 is 17.9 Å². The van der Waals surface area contributed by atoms with Gasteiger partial charge in [0.25, 0.3) is 0 Å². The monoisotopic (exact) mass is 429 g/mol. The summed E-state index contributed by atoms with van der Waals surface area (Å²) >= 11 is 0.886. The number of fused-ring (bicyclic) bond motifs is 1. The van der Waals surface area contributed by atoms with Gasteiger partial charge in [-0.3, -0.25) is 9.69 Å². The molecule has 1 atom stereocenters. The van der Waals surface area contributed by atoms with Crippen molar-refractivity contribution in [2.75, 3.05) is 27.3 Å². The molecule has 0 fully saturated rings. The second kappa shape index (κ2) is 8.58. The summed E-state index contributed by atoms with van der Waals surface area (Å²) in [6, 6.07) is 3.27. The van der Waals surface area contributed by atoms with Crippen molar-refractivity contribution in [3.05, 3.63) is 39.3 Å². The highest BCUT2D eigenvalue weighted by molar-refractivity contribution is 7.09. The van der Waals surface area contributed by atoms with Gasteiger partial charge in [0.05, 0.1) is 26.8 Å². The van der Waals surface area contributed by atoms with Gasteiger partial charge in [-0.05, 0) is 36.6 Å². The molecule has 2 aromatic rings. The molecule has 6 nitrogen and oxygen atoms in total. The van der Waals surface area contributed by atoms with Gasteiger partial charge in [0, 0.05) is 18.5 Å². The first-order valence-corrected chi connectivity index (χ1v) is 9.87. The van der Waals surface area contributed by atoms with Gasteiger partial charge in [0.2, 0.25) is 5.91 Å². The Hall–Kier alpha value is -2.33. The average molecular weight is 429 g/mol. The third-order valence-corrected chi connectivity index (χ3v) is 5.75. The average Bonchev–Trinajstić information content (AvgIpc) is 3.17. The molecule has 0 aliphatic carbocycles. The molecule has 1 aromatic carbocycles. The van der Waals surface area contributed by atoms with Gasteiger partial charge in [0.1, 0.15) is 5.01 Å². The summed E-state index contributed by atoms with van der Waals surface area (Å²) in [5, 5.41) is 3.92. The summed E-state index contributed by atoms with van der Waals surface area (Å²) in [7, 11) is 3.16. The maximum atomic E-state index is 12.7. The first kappa shape index (κ1) is 21.4. The molecule has 0 bridgehead atoms. The van der Waals surface area contributed by atoms with Crippen LogP contribution in [0.4, 0.5) is 13.2 Å². The van der Waals surface area contributed by atoms with E-state index >= 15 is 0 Å². The minimum atomic E-state index is -4.48. The quantitative estimate of drug-likeness (QED) is 0.763. The number of carbonyl (C=O) groups is 1. The van der Waals surface area contributed by atoms with Crippen molar-refractivity contribution in [2.45, 2.75) is 32.1 Å². The minimum Gasteiger partial charge on any atom is -0.493 e. The lowest BCUT2D eigenvalue weighted by Crippen LogP contribution is -2.40. The third kappa shape index (κ3) is 4.99. The predicted molar refractivity (Wildman–Crippen MR) is 102 cm³/mol. The van der Waals surface area contributed by atoms with Crippen LogP contribution in [0.5, 0.6) is 11.5 Å². The van der Waals surface area contributed by atoms with Crippen LogP contribution in [0.15, 0.2) is 17.5 Å². The number of alkyl halides is 3. The van der Waals surface area contributed by atoms with Crippen molar-refractivity contribution < 1.29 is 27.4 Å². The second-order valence-corrected chi connectivity index (χ2v) is 7.68. The number of halogens is 3. The molecule has 0 saturated carbocycles. The number of benzene rings is 1. The fourth-order valence-corrected chi connectivity index (χ4v) is 4.08. The number of amides is 1. The van der Waals surface area contributed by atoms with Crippen LogP contribution < -0.4 is 14.8 Å². The highest BCUT2D eigenvalue weighted by Gasteiger charge is 2.34. The zero-order valence-electron chi connectivity index (χ0n) is 16.3. The van der Waals surface area contributed by atoms with E-state index in [1.54, 1.807) is 21.1 Å². The lowest BCUT2D eigenvalue weighted by Gasteiger charge is -2.29. The molecular weight excluding hydrogens is 407 g/mol. The van der Waals surface area contributed by atoms with Crippen LogP contribution >= 0.6 is 11.3 Å². The van der Waals surface area contributed by atoms with Crippen LogP contribution in [-0.2, 0) is 23.9 Å². The number of carbonyl (C=O) groups excluding carboxylic acids is 1. The summed E-state index contributed by atoms with van der Waals surface area (Å²) in [6.07, 6.45) is -3.72. The number of methoxy groups -OCH3 is 2. The highest BCUT2D eigenvalue weighted by Crippen LogP contribution is 2.33. The van der Waals surface area contributed by atoms with Crippen molar-refractivity contribution in [3.8, 4) is 11.5 Å². The van der Waals surface area contributed by atoms with Gasteiger partial charge >= 0.3 is 6.18 Å². The number of aromatic nitrogens is 1. The van der Waals surface area contributed by atoms with E-state index in [4.69, 9.17) is 9.47 Å². The molecule has 0 unspecified atom stereocenters. The lowest BCUT2D eigenvalue weighted by molar-refractivity contribution is -0.140. The second-order valence-electron chi connectivity index (χ2n) is 6.79. The van der Waals surface area contributed by atoms with Crippen LogP contribution in [0.1, 0.15) is 34.8 Å². The Kier molecular flexibility index (Phi) is 6.33. The molecule has 2 heterocycles. The number of rotatable bonds is 6. The van der Waals surface area contributed by atoms with Crippen molar-refractivity contribution in [1.29, 1.82) is 0 Å². The maximum absolute atomic E-state index is 12.7. The molecule has 29 heavy (non-hydrogen) atoms. The summed E-state index contributed by atoms with van der Waals surface area (Å²) < 4.78 is 48.7. The molecule has 0 spiro atoms. The molecule has 3 rings (SSSR count). The van der Waals surface area contributed by atoms with Crippen LogP contribution in [0.2, 0.25) is 0 Å². The predicted octanol–water partition coefficient (Wildman–Crippen LogP) is 3.41. The van der Waals surface area contributed by atoms with E-state index in [0.717, 1.165) is 34.3 Å². The lowest BCUT2D eigenvalue weighted by atomic mass is 9.99. The molecule has 1 aromatic heterocycles. The summed E-state index contributed by atoms with van der Waals surface area (Å²) in [6.45, 7) is 3.04. The van der Waals surface area contributed by atoms with Gasteiger partial charge in [-0.25, -0.2) is 4.98 Å². The zero-order chi connectivity index (χ0) is 21.2. The third-order valence-electron chi connectivity index (χ3n) is 4.72. The normalized spacial score (nSPS) is 15.5. The van der Waals surface area contributed by atoms with Gasteiger partial charge in [0.15, 0.2) is 17.2 Å². The molecule has 1 aliphatic heterocycles. The van der Waals surface area contributed by atoms with E-state index in [9.17, 15) is 18.0 Å². The van der Waals surface area contributed by atoms with Crippen molar-refractivity contribution in [2.24, 2.45) is 0 Å². The largest absolute Gasteiger partial charge is 0.493 e. The number of hydrogen-bond acceptors (Lipinski definition) is 6. The van der Waals surface area contributed by atoms with Gasteiger partial charge < -0.3 is 14.8 Å². The number of ether oxygens (including phenoxy) is 2.